The van der Waals surface area contributed by atoms with E-state index >= 15 is 0 Å². The molecule has 2 heterocycles. The van der Waals surface area contributed by atoms with Crippen molar-refractivity contribution in [2.45, 2.75) is 13.3 Å². The van der Waals surface area contributed by atoms with Crippen LogP contribution in [-0.4, -0.2) is 17.7 Å². The third-order valence-electron chi connectivity index (χ3n) is 3.80. The first-order chi connectivity index (χ1) is 12.6. The summed E-state index contributed by atoms with van der Waals surface area (Å²) in [4.78, 5) is 17.6. The van der Waals surface area contributed by atoms with Gasteiger partial charge in [0.1, 0.15) is 11.6 Å². The zero-order valence-corrected chi connectivity index (χ0v) is 14.6. The maximum atomic E-state index is 13.1. The average Bonchev–Trinajstić information content (AvgIpc) is 3.21. The highest BCUT2D eigenvalue weighted by Crippen LogP contribution is 2.35. The summed E-state index contributed by atoms with van der Waals surface area (Å²) in [5, 5.41) is 0.829. The highest BCUT2D eigenvalue weighted by atomic mass is 32.1. The molecule has 26 heavy (non-hydrogen) atoms. The number of nitrogens with zero attached hydrogens (tertiary/aromatic N) is 1. The molecule has 1 aliphatic heterocycles. The van der Waals surface area contributed by atoms with Gasteiger partial charge in [0, 0.05) is 16.5 Å². The molecule has 3 aromatic rings. The van der Waals surface area contributed by atoms with Crippen molar-refractivity contribution in [3.8, 4) is 28.5 Å². The number of carbonyl (C=O) groups is 1. The van der Waals surface area contributed by atoms with Crippen molar-refractivity contribution in [3.63, 3.8) is 0 Å². The lowest BCUT2D eigenvalue weighted by Crippen LogP contribution is -2.11. The van der Waals surface area contributed by atoms with Gasteiger partial charge in [-0.1, -0.05) is 0 Å². The van der Waals surface area contributed by atoms with E-state index in [0.29, 0.717) is 22.9 Å². The van der Waals surface area contributed by atoms with Gasteiger partial charge in [0.15, 0.2) is 11.5 Å². The number of thiazole rings is 1. The summed E-state index contributed by atoms with van der Waals surface area (Å²) in [5.41, 5.74) is 1.44. The Kier molecular flexibility index (Phi) is 4.30. The molecule has 7 heteroatoms. The molecule has 0 N–H and O–H groups in total. The van der Waals surface area contributed by atoms with Gasteiger partial charge < -0.3 is 14.2 Å². The van der Waals surface area contributed by atoms with E-state index in [2.05, 4.69) is 4.98 Å². The number of aromatic nitrogens is 1. The maximum Gasteiger partial charge on any atom is 0.316 e. The Bertz CT molecular complexity index is 968. The fourth-order valence-corrected chi connectivity index (χ4v) is 3.61. The molecule has 5 nitrogen and oxygen atoms in total. The van der Waals surface area contributed by atoms with Crippen LogP contribution in [-0.2, 0) is 11.2 Å². The van der Waals surface area contributed by atoms with Crippen LogP contribution < -0.4 is 14.2 Å². The van der Waals surface area contributed by atoms with Crippen molar-refractivity contribution in [2.75, 3.05) is 6.79 Å². The topological polar surface area (TPSA) is 57.7 Å². The van der Waals surface area contributed by atoms with Crippen LogP contribution in [0.5, 0.6) is 17.2 Å². The first kappa shape index (κ1) is 16.5. The number of rotatable bonds is 4. The summed E-state index contributed by atoms with van der Waals surface area (Å²) >= 11 is 1.42. The normalized spacial score (nSPS) is 12.2. The average molecular weight is 371 g/mol. The Morgan fingerprint density at radius 3 is 2.77 bits per heavy atom. The minimum atomic E-state index is -0.407. The van der Waals surface area contributed by atoms with E-state index in [4.69, 9.17) is 14.2 Å². The number of esters is 1. The number of hydrogen-bond donors (Lipinski definition) is 0. The van der Waals surface area contributed by atoms with Gasteiger partial charge in [-0.2, -0.15) is 0 Å². The predicted molar refractivity (Wildman–Crippen MR) is 94.1 cm³/mol. The number of ether oxygens (including phenoxy) is 3. The van der Waals surface area contributed by atoms with Crippen LogP contribution in [0.15, 0.2) is 42.5 Å². The van der Waals surface area contributed by atoms with Gasteiger partial charge in [-0.3, -0.25) is 4.79 Å². The number of aryl methyl sites for hydroxylation is 1. The maximum absolute atomic E-state index is 13.1. The van der Waals surface area contributed by atoms with Crippen molar-refractivity contribution in [3.05, 3.63) is 58.2 Å². The molecule has 0 unspecified atom stereocenters. The SMILES string of the molecule is Cc1nc(-c2ccc(F)cc2)c(CC(=O)Oc2ccc3c(c2)OCO3)s1. The van der Waals surface area contributed by atoms with Crippen molar-refractivity contribution < 1.29 is 23.4 Å². The number of carbonyl (C=O) groups excluding carboxylic acids is 1. The second-order valence-corrected chi connectivity index (χ2v) is 6.97. The number of fused-ring (bicyclic) bond motifs is 1. The van der Waals surface area contributed by atoms with Gasteiger partial charge in [0.2, 0.25) is 6.79 Å². The Morgan fingerprint density at radius 1 is 1.19 bits per heavy atom. The van der Waals surface area contributed by atoms with E-state index in [9.17, 15) is 9.18 Å². The molecule has 1 aromatic heterocycles. The molecular formula is C19H14FNO4S. The van der Waals surface area contributed by atoms with Crippen LogP contribution in [0.4, 0.5) is 4.39 Å². The van der Waals surface area contributed by atoms with Gasteiger partial charge in [-0.05, 0) is 43.3 Å². The number of halogens is 1. The van der Waals surface area contributed by atoms with E-state index in [1.807, 2.05) is 6.92 Å². The molecule has 132 valence electrons. The highest BCUT2D eigenvalue weighted by Gasteiger charge is 2.18. The minimum absolute atomic E-state index is 0.0760. The molecule has 4 rings (SSSR count). The van der Waals surface area contributed by atoms with E-state index in [-0.39, 0.29) is 19.0 Å². The first-order valence-corrected chi connectivity index (χ1v) is 8.73. The molecule has 0 saturated carbocycles. The smallest absolute Gasteiger partial charge is 0.316 e. The standard InChI is InChI=1S/C19H14FNO4S/c1-11-21-19(12-2-4-13(20)5-3-12)17(26-11)9-18(22)25-14-6-7-15-16(8-14)24-10-23-15/h2-8H,9-10H2,1H3. The van der Waals surface area contributed by atoms with Gasteiger partial charge in [-0.25, -0.2) is 9.37 Å². The van der Waals surface area contributed by atoms with Gasteiger partial charge in [-0.15, -0.1) is 11.3 Å². The molecule has 0 atom stereocenters. The summed E-state index contributed by atoms with van der Waals surface area (Å²) < 4.78 is 29.1. The third-order valence-corrected chi connectivity index (χ3v) is 4.77. The summed E-state index contributed by atoms with van der Waals surface area (Å²) in [6, 6.07) is 11.0. The second-order valence-electron chi connectivity index (χ2n) is 5.68. The predicted octanol–water partition coefficient (Wildman–Crippen LogP) is 4.13. The molecule has 0 aliphatic carbocycles. The van der Waals surface area contributed by atoms with Gasteiger partial charge in [0.25, 0.3) is 0 Å². The van der Waals surface area contributed by atoms with Gasteiger partial charge in [0.05, 0.1) is 17.1 Å². The summed E-state index contributed by atoms with van der Waals surface area (Å²) in [7, 11) is 0. The quantitative estimate of drug-likeness (QED) is 0.510. The molecule has 1 aliphatic rings. The van der Waals surface area contributed by atoms with Crippen molar-refractivity contribution in [1.29, 1.82) is 0 Å². The Morgan fingerprint density at radius 2 is 1.96 bits per heavy atom. The molecule has 0 radical (unpaired) electrons. The fourth-order valence-electron chi connectivity index (χ4n) is 2.66. The summed E-state index contributed by atoms with van der Waals surface area (Å²) in [5.74, 6) is 0.849. The Balaban J connectivity index is 1.52. The molecule has 0 saturated heterocycles. The lowest BCUT2D eigenvalue weighted by molar-refractivity contribution is -0.133. The second kappa shape index (κ2) is 6.76. The van der Waals surface area contributed by atoms with Crippen LogP contribution in [0.1, 0.15) is 9.88 Å². The van der Waals surface area contributed by atoms with Crippen LogP contribution in [0.25, 0.3) is 11.3 Å². The fraction of sp³-hybridized carbons (Fsp3) is 0.158. The summed E-state index contributed by atoms with van der Waals surface area (Å²) in [6.07, 6.45) is 0.0760. The van der Waals surface area contributed by atoms with E-state index in [1.165, 1.54) is 23.5 Å². The molecular weight excluding hydrogens is 357 g/mol. The van der Waals surface area contributed by atoms with Crippen LogP contribution >= 0.6 is 11.3 Å². The highest BCUT2D eigenvalue weighted by molar-refractivity contribution is 7.12. The van der Waals surface area contributed by atoms with Crippen molar-refractivity contribution in [2.24, 2.45) is 0 Å². The lowest BCUT2D eigenvalue weighted by atomic mass is 10.1. The molecule has 0 spiro atoms. The van der Waals surface area contributed by atoms with E-state index in [1.54, 1.807) is 30.3 Å². The number of benzene rings is 2. The molecule has 0 fully saturated rings. The Hall–Kier alpha value is -2.93. The Labute approximate surface area is 153 Å². The molecule has 0 bridgehead atoms. The zero-order valence-electron chi connectivity index (χ0n) is 13.8. The van der Waals surface area contributed by atoms with Crippen molar-refractivity contribution >= 4 is 17.3 Å². The van der Waals surface area contributed by atoms with Crippen LogP contribution in [0.3, 0.4) is 0 Å². The number of hydrogen-bond acceptors (Lipinski definition) is 6. The van der Waals surface area contributed by atoms with Gasteiger partial charge >= 0.3 is 5.97 Å². The summed E-state index contributed by atoms with van der Waals surface area (Å²) in [6.45, 7) is 2.03. The monoisotopic (exact) mass is 371 g/mol. The van der Waals surface area contributed by atoms with Crippen LogP contribution in [0, 0.1) is 12.7 Å². The zero-order chi connectivity index (χ0) is 18.1. The van der Waals surface area contributed by atoms with Crippen LogP contribution in [0.2, 0.25) is 0 Å². The van der Waals surface area contributed by atoms with E-state index in [0.717, 1.165) is 15.4 Å². The third kappa shape index (κ3) is 3.39. The largest absolute Gasteiger partial charge is 0.454 e. The molecule has 0 amide bonds. The lowest BCUT2D eigenvalue weighted by Gasteiger charge is -2.06. The van der Waals surface area contributed by atoms with Crippen molar-refractivity contribution in [1.82, 2.24) is 4.98 Å². The minimum Gasteiger partial charge on any atom is -0.454 e. The van der Waals surface area contributed by atoms with E-state index < -0.39 is 5.97 Å². The molecule has 2 aromatic carbocycles. The first-order valence-electron chi connectivity index (χ1n) is 7.91.